The Kier molecular flexibility index (Phi) is 4.36. The molecule has 0 fully saturated rings. The number of hydrogen-bond donors (Lipinski definition) is 1. The van der Waals surface area contributed by atoms with Crippen molar-refractivity contribution in [3.05, 3.63) is 46.8 Å². The van der Waals surface area contributed by atoms with Gasteiger partial charge in [-0.2, -0.15) is 0 Å². The topological polar surface area (TPSA) is 63.1 Å². The summed E-state index contributed by atoms with van der Waals surface area (Å²) < 4.78 is 0. The normalized spacial score (nSPS) is 12.2. The van der Waals surface area contributed by atoms with E-state index >= 15 is 0 Å². The minimum Gasteiger partial charge on any atom is -0.481 e. The highest BCUT2D eigenvalue weighted by Gasteiger charge is 2.17. The molecule has 0 amide bonds. The fraction of sp³-hybridized carbons (Fsp3) is 0.353. The maximum absolute atomic E-state index is 11.0. The van der Waals surface area contributed by atoms with Gasteiger partial charge in [-0.25, -0.2) is 9.97 Å². The molecule has 1 atom stereocenters. The summed E-state index contributed by atoms with van der Waals surface area (Å²) in [6.45, 7) is 7.57. The van der Waals surface area contributed by atoms with E-state index < -0.39 is 11.9 Å². The van der Waals surface area contributed by atoms with Crippen LogP contribution in [0.25, 0.3) is 11.4 Å². The lowest BCUT2D eigenvalue weighted by molar-refractivity contribution is -0.141. The zero-order valence-electron chi connectivity index (χ0n) is 12.8. The Labute approximate surface area is 124 Å². The van der Waals surface area contributed by atoms with Crippen molar-refractivity contribution in [3.8, 4) is 11.4 Å². The van der Waals surface area contributed by atoms with Crippen molar-refractivity contribution in [2.75, 3.05) is 0 Å². The molecule has 0 spiro atoms. The Bertz CT molecular complexity index is 640. The molecule has 0 saturated heterocycles. The van der Waals surface area contributed by atoms with E-state index in [1.807, 2.05) is 45.0 Å². The van der Waals surface area contributed by atoms with Crippen molar-refractivity contribution in [1.82, 2.24) is 9.97 Å². The maximum atomic E-state index is 11.0. The molecule has 1 N–H and O–H groups in total. The zero-order valence-corrected chi connectivity index (χ0v) is 12.8. The molecular weight excluding hydrogens is 264 g/mol. The highest BCUT2D eigenvalue weighted by Crippen LogP contribution is 2.21. The number of aryl methyl sites for hydroxylation is 3. The van der Waals surface area contributed by atoms with Gasteiger partial charge in [0.1, 0.15) is 0 Å². The molecule has 1 aromatic carbocycles. The number of nitrogens with zero attached hydrogens (tertiary/aromatic N) is 2. The molecule has 2 aromatic rings. The summed E-state index contributed by atoms with van der Waals surface area (Å²) in [7, 11) is 0. The molecule has 0 bridgehead atoms. The van der Waals surface area contributed by atoms with Gasteiger partial charge >= 0.3 is 5.97 Å². The molecule has 110 valence electrons. The van der Waals surface area contributed by atoms with Crippen LogP contribution in [0.5, 0.6) is 0 Å². The Morgan fingerprint density at radius 3 is 2.10 bits per heavy atom. The minimum absolute atomic E-state index is 0.434. The number of rotatable bonds is 4. The predicted octanol–water partition coefficient (Wildman–Crippen LogP) is 3.33. The van der Waals surface area contributed by atoms with Crippen LogP contribution >= 0.6 is 0 Å². The average molecular weight is 284 g/mol. The molecule has 1 unspecified atom stereocenters. The van der Waals surface area contributed by atoms with E-state index in [0.29, 0.717) is 12.2 Å². The van der Waals surface area contributed by atoms with Crippen molar-refractivity contribution in [2.45, 2.75) is 34.1 Å². The Hall–Kier alpha value is -2.23. The molecule has 0 aliphatic heterocycles. The van der Waals surface area contributed by atoms with Crippen LogP contribution in [0.2, 0.25) is 0 Å². The molecule has 0 aliphatic rings. The van der Waals surface area contributed by atoms with Crippen molar-refractivity contribution in [2.24, 2.45) is 5.92 Å². The minimum atomic E-state index is -0.795. The number of carboxylic acid groups (broad SMARTS) is 1. The van der Waals surface area contributed by atoms with Gasteiger partial charge in [0.25, 0.3) is 0 Å². The lowest BCUT2D eigenvalue weighted by Gasteiger charge is -2.13. The number of benzene rings is 1. The van der Waals surface area contributed by atoms with Crippen LogP contribution in [-0.4, -0.2) is 21.0 Å². The third-order valence-electron chi connectivity index (χ3n) is 3.66. The van der Waals surface area contributed by atoms with Crippen molar-refractivity contribution >= 4 is 5.97 Å². The SMILES string of the molecule is Cc1ccc(-c2nc(C)c(CC(C)C(=O)O)c(C)n2)cc1. The number of aromatic nitrogens is 2. The maximum Gasteiger partial charge on any atom is 0.306 e. The van der Waals surface area contributed by atoms with Gasteiger partial charge in [-0.3, -0.25) is 4.79 Å². The van der Waals surface area contributed by atoms with E-state index in [4.69, 9.17) is 5.11 Å². The summed E-state index contributed by atoms with van der Waals surface area (Å²) in [6.07, 6.45) is 0.460. The van der Waals surface area contributed by atoms with Crippen LogP contribution < -0.4 is 0 Å². The van der Waals surface area contributed by atoms with Gasteiger partial charge < -0.3 is 5.11 Å². The fourth-order valence-corrected chi connectivity index (χ4v) is 2.26. The molecule has 1 aromatic heterocycles. The predicted molar refractivity (Wildman–Crippen MR) is 82.2 cm³/mol. The van der Waals surface area contributed by atoms with E-state index in [0.717, 1.165) is 22.5 Å². The lowest BCUT2D eigenvalue weighted by Crippen LogP contribution is -2.15. The van der Waals surface area contributed by atoms with Crippen molar-refractivity contribution < 1.29 is 9.90 Å². The molecule has 4 heteroatoms. The fourth-order valence-electron chi connectivity index (χ4n) is 2.26. The largest absolute Gasteiger partial charge is 0.481 e. The molecule has 1 heterocycles. The van der Waals surface area contributed by atoms with E-state index in [2.05, 4.69) is 9.97 Å². The summed E-state index contributed by atoms with van der Waals surface area (Å²) in [4.78, 5) is 20.1. The number of hydrogen-bond acceptors (Lipinski definition) is 3. The van der Waals surface area contributed by atoms with Crippen LogP contribution in [0, 0.1) is 26.7 Å². The van der Waals surface area contributed by atoms with Crippen molar-refractivity contribution in [3.63, 3.8) is 0 Å². The first-order valence-electron chi connectivity index (χ1n) is 7.02. The quantitative estimate of drug-likeness (QED) is 0.935. The first-order valence-corrected chi connectivity index (χ1v) is 7.02. The van der Waals surface area contributed by atoms with E-state index in [-0.39, 0.29) is 0 Å². The standard InChI is InChI=1S/C17H20N2O2/c1-10-5-7-14(8-6-10)16-18-12(3)15(13(4)19-16)9-11(2)17(20)21/h5-8,11H,9H2,1-4H3,(H,20,21). The van der Waals surface area contributed by atoms with Crippen LogP contribution in [0.1, 0.15) is 29.4 Å². The van der Waals surface area contributed by atoms with Crippen molar-refractivity contribution in [1.29, 1.82) is 0 Å². The summed E-state index contributed by atoms with van der Waals surface area (Å²) in [6, 6.07) is 8.07. The molecular formula is C17H20N2O2. The highest BCUT2D eigenvalue weighted by molar-refractivity contribution is 5.70. The molecule has 0 saturated carbocycles. The van der Waals surface area contributed by atoms with Gasteiger partial charge in [-0.05, 0) is 32.8 Å². The van der Waals surface area contributed by atoms with Gasteiger partial charge in [0, 0.05) is 17.0 Å². The second kappa shape index (κ2) is 6.04. The summed E-state index contributed by atoms with van der Waals surface area (Å²) in [5.41, 5.74) is 4.81. The summed E-state index contributed by atoms with van der Waals surface area (Å²) in [5, 5.41) is 9.04. The number of carbonyl (C=O) groups is 1. The highest BCUT2D eigenvalue weighted by atomic mass is 16.4. The second-order valence-electron chi connectivity index (χ2n) is 5.51. The van der Waals surface area contributed by atoms with Gasteiger partial charge in [-0.1, -0.05) is 36.8 Å². The Balaban J connectivity index is 2.37. The zero-order chi connectivity index (χ0) is 15.6. The molecule has 0 radical (unpaired) electrons. The van der Waals surface area contributed by atoms with E-state index in [1.165, 1.54) is 5.56 Å². The molecule has 4 nitrogen and oxygen atoms in total. The second-order valence-corrected chi connectivity index (χ2v) is 5.51. The third-order valence-corrected chi connectivity index (χ3v) is 3.66. The first kappa shape index (κ1) is 15.2. The molecule has 0 aliphatic carbocycles. The van der Waals surface area contributed by atoms with Crippen LogP contribution in [0.4, 0.5) is 0 Å². The van der Waals surface area contributed by atoms with Gasteiger partial charge in [0.05, 0.1) is 5.92 Å². The monoisotopic (exact) mass is 284 g/mol. The lowest BCUT2D eigenvalue weighted by atomic mass is 9.98. The van der Waals surface area contributed by atoms with Crippen LogP contribution in [0.3, 0.4) is 0 Å². The van der Waals surface area contributed by atoms with E-state index in [1.54, 1.807) is 6.92 Å². The molecule has 21 heavy (non-hydrogen) atoms. The Morgan fingerprint density at radius 1 is 1.10 bits per heavy atom. The average Bonchev–Trinajstić information content (AvgIpc) is 2.43. The van der Waals surface area contributed by atoms with Crippen LogP contribution in [0.15, 0.2) is 24.3 Å². The Morgan fingerprint density at radius 2 is 1.62 bits per heavy atom. The molecule has 2 rings (SSSR count). The third kappa shape index (κ3) is 3.45. The van der Waals surface area contributed by atoms with Gasteiger partial charge in [-0.15, -0.1) is 0 Å². The number of carboxylic acids is 1. The summed E-state index contributed by atoms with van der Waals surface area (Å²) >= 11 is 0. The van der Waals surface area contributed by atoms with Crippen LogP contribution in [-0.2, 0) is 11.2 Å². The van der Waals surface area contributed by atoms with E-state index in [9.17, 15) is 4.79 Å². The summed E-state index contributed by atoms with van der Waals surface area (Å²) in [5.74, 6) is -0.538. The van der Waals surface area contributed by atoms with Gasteiger partial charge in [0.15, 0.2) is 5.82 Å². The first-order chi connectivity index (χ1) is 9.88. The number of aliphatic carboxylic acids is 1. The van der Waals surface area contributed by atoms with Gasteiger partial charge in [0.2, 0.25) is 0 Å². The smallest absolute Gasteiger partial charge is 0.306 e.